The van der Waals surface area contributed by atoms with Crippen molar-refractivity contribution in [2.45, 2.75) is 11.6 Å². The van der Waals surface area contributed by atoms with Crippen LogP contribution in [0.1, 0.15) is 31.8 Å². The van der Waals surface area contributed by atoms with Gasteiger partial charge in [-0.05, 0) is 23.8 Å². The molecular formula is C24H16F3NO4. The van der Waals surface area contributed by atoms with Crippen LogP contribution in [-0.2, 0) is 16.3 Å². The van der Waals surface area contributed by atoms with Gasteiger partial charge in [0.2, 0.25) is 0 Å². The van der Waals surface area contributed by atoms with Gasteiger partial charge in [0.05, 0.1) is 5.56 Å². The number of carbonyl (C=O) groups is 3. The first-order chi connectivity index (χ1) is 15.2. The Morgan fingerprint density at radius 1 is 0.844 bits per heavy atom. The Morgan fingerprint density at radius 2 is 1.44 bits per heavy atom. The van der Waals surface area contributed by atoms with E-state index in [1.54, 1.807) is 42.5 Å². The average molecular weight is 439 g/mol. The Kier molecular flexibility index (Phi) is 5.30. The van der Waals surface area contributed by atoms with Gasteiger partial charge in [0.25, 0.3) is 0 Å². The van der Waals surface area contributed by atoms with E-state index in [-0.39, 0.29) is 16.8 Å². The van der Waals surface area contributed by atoms with Crippen molar-refractivity contribution < 1.29 is 32.3 Å². The number of fused-ring (bicyclic) bond motifs is 1. The third kappa shape index (κ3) is 3.64. The zero-order valence-corrected chi connectivity index (χ0v) is 16.5. The molecule has 0 saturated carbocycles. The number of benzene rings is 3. The van der Waals surface area contributed by atoms with Gasteiger partial charge in [0.15, 0.2) is 17.0 Å². The second-order valence-electron chi connectivity index (χ2n) is 7.25. The minimum atomic E-state index is -4.58. The van der Waals surface area contributed by atoms with Crippen LogP contribution in [0.3, 0.4) is 0 Å². The molecule has 0 saturated heterocycles. The monoisotopic (exact) mass is 439 g/mol. The van der Waals surface area contributed by atoms with Crippen molar-refractivity contribution in [1.82, 2.24) is 0 Å². The molecule has 0 atom stereocenters. The molecular weight excluding hydrogens is 423 g/mol. The Labute approximate surface area is 180 Å². The van der Waals surface area contributed by atoms with E-state index in [1.165, 1.54) is 18.2 Å². The number of rotatable bonds is 4. The van der Waals surface area contributed by atoms with E-state index >= 15 is 0 Å². The molecule has 4 rings (SSSR count). The number of ether oxygens (including phenoxy) is 1. The predicted octanol–water partition coefficient (Wildman–Crippen LogP) is 5.27. The minimum absolute atomic E-state index is 0.133. The van der Waals surface area contributed by atoms with E-state index in [0.717, 1.165) is 18.2 Å². The minimum Gasteiger partial charge on any atom is -0.447 e. The maximum atomic E-state index is 13.3. The van der Waals surface area contributed by atoms with Gasteiger partial charge in [-0.3, -0.25) is 14.9 Å². The first kappa shape index (κ1) is 21.3. The molecule has 0 aliphatic heterocycles. The van der Waals surface area contributed by atoms with Crippen molar-refractivity contribution >= 4 is 23.3 Å². The maximum Gasteiger partial charge on any atom is 0.416 e. The Morgan fingerprint density at radius 3 is 2.03 bits per heavy atom. The van der Waals surface area contributed by atoms with Crippen LogP contribution in [0.2, 0.25) is 0 Å². The van der Waals surface area contributed by atoms with Crippen molar-refractivity contribution in [2.24, 2.45) is 0 Å². The quantitative estimate of drug-likeness (QED) is 0.562. The van der Waals surface area contributed by atoms with Crippen molar-refractivity contribution in [1.29, 1.82) is 0 Å². The largest absolute Gasteiger partial charge is 0.447 e. The average Bonchev–Trinajstić information content (AvgIpc) is 3.00. The van der Waals surface area contributed by atoms with Gasteiger partial charge >= 0.3 is 12.3 Å². The summed E-state index contributed by atoms with van der Waals surface area (Å²) in [7, 11) is 0. The van der Waals surface area contributed by atoms with E-state index in [4.69, 9.17) is 4.74 Å². The van der Waals surface area contributed by atoms with Gasteiger partial charge < -0.3 is 4.74 Å². The molecule has 5 nitrogen and oxygen atoms in total. The molecule has 0 fully saturated rings. The zero-order valence-electron chi connectivity index (χ0n) is 16.5. The van der Waals surface area contributed by atoms with Crippen LogP contribution in [0.15, 0.2) is 78.9 Å². The van der Waals surface area contributed by atoms with Crippen molar-refractivity contribution in [3.63, 3.8) is 0 Å². The van der Waals surface area contributed by atoms with Crippen LogP contribution in [0.4, 0.5) is 23.7 Å². The highest BCUT2D eigenvalue weighted by Crippen LogP contribution is 2.40. The zero-order chi connectivity index (χ0) is 22.9. The molecule has 3 aromatic rings. The molecule has 8 heteroatoms. The van der Waals surface area contributed by atoms with Gasteiger partial charge in [0.1, 0.15) is 6.61 Å². The summed E-state index contributed by atoms with van der Waals surface area (Å²) < 4.78 is 43.9. The highest BCUT2D eigenvalue weighted by Gasteiger charge is 2.55. The number of ketones is 2. The van der Waals surface area contributed by atoms with Gasteiger partial charge in [-0.15, -0.1) is 0 Å². The fraction of sp³-hybridized carbons (Fsp3) is 0.125. The standard InChI is InChI=1S/C24H16F3NO4/c25-24(26,27)16-9-6-10-17(13-16)28-22(31)32-14-23(15-7-2-1-3-8-15)20(29)18-11-4-5-12-19(18)21(23)30/h1-13H,14H2,(H,28,31). The summed E-state index contributed by atoms with van der Waals surface area (Å²) in [5.41, 5.74) is -2.03. The second kappa shape index (κ2) is 7.96. The van der Waals surface area contributed by atoms with E-state index in [1.807, 2.05) is 0 Å². The third-order valence-corrected chi connectivity index (χ3v) is 5.31. The number of alkyl halides is 3. The smallest absolute Gasteiger partial charge is 0.416 e. The van der Waals surface area contributed by atoms with Crippen LogP contribution >= 0.6 is 0 Å². The predicted molar refractivity (Wildman–Crippen MR) is 110 cm³/mol. The highest BCUT2D eigenvalue weighted by molar-refractivity contribution is 6.33. The summed E-state index contributed by atoms with van der Waals surface area (Å²) in [6.07, 6.45) is -5.66. The second-order valence-corrected chi connectivity index (χ2v) is 7.25. The van der Waals surface area contributed by atoms with E-state index < -0.39 is 41.4 Å². The number of amides is 1. The van der Waals surface area contributed by atoms with Crippen LogP contribution in [0.25, 0.3) is 0 Å². The topological polar surface area (TPSA) is 72.5 Å². The van der Waals surface area contributed by atoms with Crippen molar-refractivity contribution in [3.05, 3.63) is 101 Å². The summed E-state index contributed by atoms with van der Waals surface area (Å²) in [6.45, 7) is -0.603. The molecule has 0 heterocycles. The van der Waals surface area contributed by atoms with E-state index in [2.05, 4.69) is 5.32 Å². The molecule has 1 N–H and O–H groups in total. The molecule has 1 amide bonds. The van der Waals surface area contributed by atoms with Crippen LogP contribution < -0.4 is 5.32 Å². The molecule has 1 aliphatic carbocycles. The SMILES string of the molecule is O=C(Nc1cccc(C(F)(F)F)c1)OCC1(c2ccccc2)C(=O)c2ccccc2C1=O. The molecule has 1 aliphatic rings. The number of anilines is 1. The van der Waals surface area contributed by atoms with E-state index in [0.29, 0.717) is 5.56 Å². The summed E-state index contributed by atoms with van der Waals surface area (Å²) in [5.74, 6) is -1.01. The number of halogens is 3. The normalized spacial score (nSPS) is 14.7. The molecule has 0 spiro atoms. The first-order valence-electron chi connectivity index (χ1n) is 9.59. The van der Waals surface area contributed by atoms with Gasteiger partial charge in [-0.25, -0.2) is 4.79 Å². The molecule has 0 radical (unpaired) electrons. The van der Waals surface area contributed by atoms with Crippen LogP contribution in [0.5, 0.6) is 0 Å². The van der Waals surface area contributed by atoms with E-state index in [9.17, 15) is 27.6 Å². The fourth-order valence-corrected chi connectivity index (χ4v) is 3.74. The lowest BCUT2D eigenvalue weighted by molar-refractivity contribution is -0.137. The van der Waals surface area contributed by atoms with Crippen LogP contribution in [0, 0.1) is 0 Å². The molecule has 162 valence electrons. The lowest BCUT2D eigenvalue weighted by Gasteiger charge is -2.26. The van der Waals surface area contributed by atoms with Gasteiger partial charge in [-0.2, -0.15) is 13.2 Å². The fourth-order valence-electron chi connectivity index (χ4n) is 3.74. The summed E-state index contributed by atoms with van der Waals surface area (Å²) in [4.78, 5) is 38.9. The Balaban J connectivity index is 1.60. The number of hydrogen-bond donors (Lipinski definition) is 1. The van der Waals surface area contributed by atoms with Gasteiger partial charge in [0, 0.05) is 16.8 Å². The number of hydrogen-bond acceptors (Lipinski definition) is 4. The number of Topliss-reactive ketones (excluding diaryl/α,β-unsaturated/α-hetero) is 2. The lowest BCUT2D eigenvalue weighted by atomic mass is 9.76. The molecule has 0 unspecified atom stereocenters. The van der Waals surface area contributed by atoms with Crippen LogP contribution in [-0.4, -0.2) is 24.3 Å². The molecule has 0 aromatic heterocycles. The summed E-state index contributed by atoms with van der Waals surface area (Å²) in [6, 6.07) is 18.6. The highest BCUT2D eigenvalue weighted by atomic mass is 19.4. The first-order valence-corrected chi connectivity index (χ1v) is 9.59. The summed E-state index contributed by atoms with van der Waals surface area (Å²) >= 11 is 0. The maximum absolute atomic E-state index is 13.3. The van der Waals surface area contributed by atoms with Crippen molar-refractivity contribution in [3.8, 4) is 0 Å². The summed E-state index contributed by atoms with van der Waals surface area (Å²) in [5, 5.41) is 2.21. The lowest BCUT2D eigenvalue weighted by Crippen LogP contribution is -2.44. The van der Waals surface area contributed by atoms with Crippen molar-refractivity contribution in [2.75, 3.05) is 11.9 Å². The third-order valence-electron chi connectivity index (χ3n) is 5.31. The number of carbonyl (C=O) groups excluding carboxylic acids is 3. The molecule has 32 heavy (non-hydrogen) atoms. The number of nitrogens with one attached hydrogen (secondary N) is 1. The molecule has 0 bridgehead atoms. The Bertz CT molecular complexity index is 1170. The van der Waals surface area contributed by atoms with Gasteiger partial charge in [-0.1, -0.05) is 60.7 Å². The molecule has 3 aromatic carbocycles. The Hall–Kier alpha value is -3.94.